The minimum absolute atomic E-state index is 0.381. The molecule has 0 bridgehead atoms. The van der Waals surface area contributed by atoms with E-state index in [0.29, 0.717) is 10.8 Å². The van der Waals surface area contributed by atoms with Crippen LogP contribution in [0.4, 0.5) is 0 Å². The molecule has 2 N–H and O–H groups in total. The van der Waals surface area contributed by atoms with E-state index in [1.54, 1.807) is 26.0 Å². The molecule has 0 saturated carbocycles. The minimum Gasteiger partial charge on any atom is -0.481 e. The van der Waals surface area contributed by atoms with Crippen LogP contribution in [0.15, 0.2) is 18.2 Å². The monoisotopic (exact) mass is 313 g/mol. The third-order valence-electron chi connectivity index (χ3n) is 3.27. The van der Waals surface area contributed by atoms with Crippen molar-refractivity contribution in [1.29, 1.82) is 0 Å². The molecule has 0 fully saturated rings. The summed E-state index contributed by atoms with van der Waals surface area (Å²) < 4.78 is 5.54. The van der Waals surface area contributed by atoms with Crippen LogP contribution in [-0.2, 0) is 9.59 Å². The summed E-state index contributed by atoms with van der Waals surface area (Å²) in [5.41, 5.74) is 0.967. The molecule has 0 aromatic heterocycles. The van der Waals surface area contributed by atoms with Crippen molar-refractivity contribution in [1.82, 2.24) is 5.32 Å². The van der Waals surface area contributed by atoms with Crippen LogP contribution >= 0.6 is 11.6 Å². The molecule has 0 aliphatic carbocycles. The van der Waals surface area contributed by atoms with Gasteiger partial charge in [0, 0.05) is 6.04 Å². The molecule has 0 radical (unpaired) electrons. The van der Waals surface area contributed by atoms with Crippen LogP contribution in [0.3, 0.4) is 0 Å². The highest BCUT2D eigenvalue weighted by atomic mass is 35.5. The van der Waals surface area contributed by atoms with Gasteiger partial charge in [0.25, 0.3) is 5.91 Å². The Balaban J connectivity index is 2.67. The van der Waals surface area contributed by atoms with Gasteiger partial charge >= 0.3 is 5.97 Å². The van der Waals surface area contributed by atoms with E-state index in [4.69, 9.17) is 21.4 Å². The second-order valence-corrected chi connectivity index (χ2v) is 5.53. The van der Waals surface area contributed by atoms with Gasteiger partial charge in [-0.1, -0.05) is 17.7 Å². The molecule has 0 saturated heterocycles. The molecule has 0 heterocycles. The second-order valence-electron chi connectivity index (χ2n) is 5.12. The fourth-order valence-electron chi connectivity index (χ4n) is 1.63. The zero-order valence-corrected chi connectivity index (χ0v) is 13.3. The Labute approximate surface area is 129 Å². The Morgan fingerprint density at radius 3 is 2.48 bits per heavy atom. The molecule has 3 atom stereocenters. The first kappa shape index (κ1) is 17.3. The molecule has 5 nitrogen and oxygen atoms in total. The number of rotatable bonds is 6. The maximum atomic E-state index is 12.0. The predicted molar refractivity (Wildman–Crippen MR) is 80.7 cm³/mol. The Morgan fingerprint density at radius 2 is 1.90 bits per heavy atom. The number of hydrogen-bond donors (Lipinski definition) is 2. The van der Waals surface area contributed by atoms with Crippen molar-refractivity contribution in [2.45, 2.75) is 39.8 Å². The van der Waals surface area contributed by atoms with Crippen LogP contribution in [0.5, 0.6) is 5.75 Å². The van der Waals surface area contributed by atoms with E-state index in [0.717, 1.165) is 5.56 Å². The van der Waals surface area contributed by atoms with Crippen molar-refractivity contribution in [2.24, 2.45) is 5.92 Å². The molecule has 3 unspecified atom stereocenters. The van der Waals surface area contributed by atoms with Crippen molar-refractivity contribution in [3.8, 4) is 5.75 Å². The van der Waals surface area contributed by atoms with Gasteiger partial charge in [0.1, 0.15) is 5.75 Å². The maximum absolute atomic E-state index is 12.0. The lowest BCUT2D eigenvalue weighted by atomic mass is 10.0. The van der Waals surface area contributed by atoms with E-state index in [1.165, 1.54) is 6.92 Å². The standard InChI is InChI=1S/C15H20ClNO4/c1-8-5-6-12(16)13(7-8)21-11(4)14(18)17-10(3)9(2)15(19)20/h5-7,9-11H,1-4H3,(H,17,18)(H,19,20). The summed E-state index contributed by atoms with van der Waals surface area (Å²) in [5.74, 6) is -1.59. The zero-order chi connectivity index (χ0) is 16.2. The second kappa shape index (κ2) is 7.31. The number of carboxylic acid groups (broad SMARTS) is 1. The summed E-state index contributed by atoms with van der Waals surface area (Å²) in [6.45, 7) is 6.66. The van der Waals surface area contributed by atoms with E-state index in [-0.39, 0.29) is 5.91 Å². The molecule has 6 heteroatoms. The van der Waals surface area contributed by atoms with Gasteiger partial charge in [-0.2, -0.15) is 0 Å². The SMILES string of the molecule is Cc1ccc(Cl)c(OC(C)C(=O)NC(C)C(C)C(=O)O)c1. The van der Waals surface area contributed by atoms with Gasteiger partial charge in [-0.3, -0.25) is 9.59 Å². The molecule has 21 heavy (non-hydrogen) atoms. The molecular formula is C15H20ClNO4. The van der Waals surface area contributed by atoms with Gasteiger partial charge in [-0.05, 0) is 45.4 Å². The predicted octanol–water partition coefficient (Wildman–Crippen LogP) is 2.64. The lowest BCUT2D eigenvalue weighted by Crippen LogP contribution is -2.45. The summed E-state index contributed by atoms with van der Waals surface area (Å²) in [7, 11) is 0. The van der Waals surface area contributed by atoms with Crippen LogP contribution in [-0.4, -0.2) is 29.1 Å². The number of carbonyl (C=O) groups is 2. The number of aryl methyl sites for hydroxylation is 1. The first-order chi connectivity index (χ1) is 9.72. The van der Waals surface area contributed by atoms with Crippen LogP contribution in [0.25, 0.3) is 0 Å². The number of halogens is 1. The molecule has 0 spiro atoms. The fourth-order valence-corrected chi connectivity index (χ4v) is 1.79. The lowest BCUT2D eigenvalue weighted by molar-refractivity contribution is -0.142. The highest BCUT2D eigenvalue weighted by Gasteiger charge is 2.24. The number of carbonyl (C=O) groups excluding carboxylic acids is 1. The van der Waals surface area contributed by atoms with Crippen molar-refractivity contribution in [3.63, 3.8) is 0 Å². The van der Waals surface area contributed by atoms with Gasteiger partial charge in [-0.15, -0.1) is 0 Å². The van der Waals surface area contributed by atoms with Crippen molar-refractivity contribution >= 4 is 23.5 Å². The van der Waals surface area contributed by atoms with Crippen LogP contribution in [0, 0.1) is 12.8 Å². The van der Waals surface area contributed by atoms with E-state index in [2.05, 4.69) is 5.32 Å². The zero-order valence-electron chi connectivity index (χ0n) is 12.5. The molecule has 0 aliphatic rings. The van der Waals surface area contributed by atoms with E-state index in [1.807, 2.05) is 13.0 Å². The molecule has 1 aromatic rings. The largest absolute Gasteiger partial charge is 0.481 e. The third-order valence-corrected chi connectivity index (χ3v) is 3.58. The Hall–Kier alpha value is -1.75. The average molecular weight is 314 g/mol. The lowest BCUT2D eigenvalue weighted by Gasteiger charge is -2.21. The van der Waals surface area contributed by atoms with Crippen LogP contribution < -0.4 is 10.1 Å². The maximum Gasteiger partial charge on any atom is 0.308 e. The summed E-state index contributed by atoms with van der Waals surface area (Å²) in [4.78, 5) is 22.9. The van der Waals surface area contributed by atoms with Crippen molar-refractivity contribution in [2.75, 3.05) is 0 Å². The van der Waals surface area contributed by atoms with Crippen molar-refractivity contribution < 1.29 is 19.4 Å². The Morgan fingerprint density at radius 1 is 1.29 bits per heavy atom. The Kier molecular flexibility index (Phi) is 6.03. The number of nitrogens with one attached hydrogen (secondary N) is 1. The van der Waals surface area contributed by atoms with E-state index >= 15 is 0 Å². The highest BCUT2D eigenvalue weighted by molar-refractivity contribution is 6.32. The third kappa shape index (κ3) is 4.93. The smallest absolute Gasteiger partial charge is 0.308 e. The number of ether oxygens (including phenoxy) is 1. The van der Waals surface area contributed by atoms with E-state index in [9.17, 15) is 9.59 Å². The topological polar surface area (TPSA) is 75.6 Å². The van der Waals surface area contributed by atoms with Crippen LogP contribution in [0.1, 0.15) is 26.3 Å². The molecule has 0 aliphatic heterocycles. The van der Waals surface area contributed by atoms with Crippen molar-refractivity contribution in [3.05, 3.63) is 28.8 Å². The van der Waals surface area contributed by atoms with Gasteiger partial charge < -0.3 is 15.2 Å². The first-order valence-corrected chi connectivity index (χ1v) is 7.06. The van der Waals surface area contributed by atoms with Gasteiger partial charge in [0.15, 0.2) is 6.10 Å². The molecule has 1 amide bonds. The number of carboxylic acids is 1. The number of benzene rings is 1. The molecule has 1 aromatic carbocycles. The fraction of sp³-hybridized carbons (Fsp3) is 0.467. The van der Waals surface area contributed by atoms with Gasteiger partial charge in [0.2, 0.25) is 0 Å². The summed E-state index contributed by atoms with van der Waals surface area (Å²) in [6.07, 6.45) is -0.771. The van der Waals surface area contributed by atoms with Gasteiger partial charge in [0.05, 0.1) is 10.9 Å². The first-order valence-electron chi connectivity index (χ1n) is 6.68. The summed E-state index contributed by atoms with van der Waals surface area (Å²) in [5, 5.41) is 12.0. The Bertz CT molecular complexity index is 532. The number of hydrogen-bond acceptors (Lipinski definition) is 3. The molecule has 116 valence electrons. The normalized spacial score (nSPS) is 14.9. The number of amides is 1. The van der Waals surface area contributed by atoms with Gasteiger partial charge in [-0.25, -0.2) is 0 Å². The van der Waals surface area contributed by atoms with Crippen LogP contribution in [0.2, 0.25) is 5.02 Å². The quantitative estimate of drug-likeness (QED) is 0.846. The average Bonchev–Trinajstić information content (AvgIpc) is 2.41. The summed E-state index contributed by atoms with van der Waals surface area (Å²) >= 11 is 6.01. The molecular weight excluding hydrogens is 294 g/mol. The molecule has 1 rings (SSSR count). The summed E-state index contributed by atoms with van der Waals surface area (Å²) in [6, 6.07) is 4.80. The number of aliphatic carboxylic acids is 1. The minimum atomic E-state index is -0.960. The highest BCUT2D eigenvalue weighted by Crippen LogP contribution is 2.26. The van der Waals surface area contributed by atoms with E-state index < -0.39 is 24.0 Å².